The van der Waals surface area contributed by atoms with Gasteiger partial charge in [-0.3, -0.25) is 4.79 Å². The van der Waals surface area contributed by atoms with Gasteiger partial charge in [0, 0.05) is 19.6 Å². The smallest absolute Gasteiger partial charge is 0.233 e. The van der Waals surface area contributed by atoms with Crippen molar-refractivity contribution >= 4 is 17.7 Å². The van der Waals surface area contributed by atoms with Crippen LogP contribution in [0, 0.1) is 6.92 Å². The molecule has 1 fully saturated rings. The van der Waals surface area contributed by atoms with Crippen molar-refractivity contribution in [3.05, 3.63) is 18.1 Å². The Labute approximate surface area is 140 Å². The van der Waals surface area contributed by atoms with Crippen LogP contribution in [0.25, 0.3) is 11.4 Å². The highest BCUT2D eigenvalue weighted by molar-refractivity contribution is 7.99. The van der Waals surface area contributed by atoms with Crippen LogP contribution >= 0.6 is 11.8 Å². The maximum absolute atomic E-state index is 12.4. The van der Waals surface area contributed by atoms with Gasteiger partial charge in [-0.2, -0.15) is 0 Å². The molecule has 0 saturated carbocycles. The summed E-state index contributed by atoms with van der Waals surface area (Å²) in [5.41, 5.74) is 0.933. The number of aryl methyl sites for hydroxylation is 1. The van der Waals surface area contributed by atoms with Gasteiger partial charge in [-0.05, 0) is 39.2 Å². The number of carbonyl (C=O) groups excluding carboxylic acids is 1. The molecular formula is C16H22N4O2S. The Hall–Kier alpha value is -1.76. The number of rotatable bonds is 4. The van der Waals surface area contributed by atoms with Crippen LogP contribution in [0.15, 0.2) is 21.9 Å². The zero-order chi connectivity index (χ0) is 16.4. The molecule has 0 aliphatic carbocycles. The number of carbonyl (C=O) groups is 1. The van der Waals surface area contributed by atoms with Crippen molar-refractivity contribution in [1.82, 2.24) is 19.7 Å². The van der Waals surface area contributed by atoms with Crippen LogP contribution in [0.5, 0.6) is 0 Å². The van der Waals surface area contributed by atoms with E-state index in [2.05, 4.69) is 17.1 Å². The third kappa shape index (κ3) is 3.29. The van der Waals surface area contributed by atoms with Crippen LogP contribution in [0.1, 0.15) is 31.9 Å². The number of thioether (sulfide) groups is 1. The molecule has 23 heavy (non-hydrogen) atoms. The zero-order valence-electron chi connectivity index (χ0n) is 13.8. The van der Waals surface area contributed by atoms with E-state index in [1.807, 2.05) is 29.5 Å². The van der Waals surface area contributed by atoms with E-state index >= 15 is 0 Å². The molecular weight excluding hydrogens is 312 g/mol. The van der Waals surface area contributed by atoms with E-state index in [9.17, 15) is 4.79 Å². The van der Waals surface area contributed by atoms with Crippen LogP contribution < -0.4 is 0 Å². The Kier molecular flexibility index (Phi) is 4.75. The van der Waals surface area contributed by atoms with Crippen molar-refractivity contribution in [3.63, 3.8) is 0 Å². The summed E-state index contributed by atoms with van der Waals surface area (Å²) in [6.07, 6.45) is 5.07. The second-order valence-corrected chi connectivity index (χ2v) is 6.92. The highest BCUT2D eigenvalue weighted by Gasteiger charge is 2.24. The van der Waals surface area contributed by atoms with Gasteiger partial charge in [0.25, 0.3) is 0 Å². The summed E-state index contributed by atoms with van der Waals surface area (Å²) in [7, 11) is 1.91. The molecule has 1 aliphatic heterocycles. The number of aromatic nitrogens is 3. The fraction of sp³-hybridized carbons (Fsp3) is 0.562. The first-order chi connectivity index (χ1) is 11.1. The predicted molar refractivity (Wildman–Crippen MR) is 89.2 cm³/mol. The minimum Gasteiger partial charge on any atom is -0.469 e. The lowest BCUT2D eigenvalue weighted by Crippen LogP contribution is -2.42. The Morgan fingerprint density at radius 1 is 1.43 bits per heavy atom. The van der Waals surface area contributed by atoms with Crippen molar-refractivity contribution in [2.24, 2.45) is 7.05 Å². The van der Waals surface area contributed by atoms with Gasteiger partial charge in [0.15, 0.2) is 11.0 Å². The number of nitrogens with zero attached hydrogens (tertiary/aromatic N) is 4. The zero-order valence-corrected chi connectivity index (χ0v) is 14.6. The molecule has 0 radical (unpaired) electrons. The third-order valence-electron chi connectivity index (χ3n) is 4.38. The molecule has 1 atom stereocenters. The number of amides is 1. The first-order valence-corrected chi connectivity index (χ1v) is 8.92. The summed E-state index contributed by atoms with van der Waals surface area (Å²) >= 11 is 1.44. The summed E-state index contributed by atoms with van der Waals surface area (Å²) in [6.45, 7) is 4.90. The Morgan fingerprint density at radius 2 is 2.26 bits per heavy atom. The lowest BCUT2D eigenvalue weighted by atomic mass is 10.0. The largest absolute Gasteiger partial charge is 0.469 e. The molecule has 0 N–H and O–H groups in total. The van der Waals surface area contributed by atoms with Gasteiger partial charge in [0.05, 0.1) is 17.6 Å². The van der Waals surface area contributed by atoms with E-state index in [4.69, 9.17) is 4.42 Å². The third-order valence-corrected chi connectivity index (χ3v) is 5.39. The number of likely N-dealkylation sites (tertiary alicyclic amines) is 1. The van der Waals surface area contributed by atoms with Crippen molar-refractivity contribution in [2.45, 2.75) is 44.3 Å². The number of piperidine rings is 1. The summed E-state index contributed by atoms with van der Waals surface area (Å²) in [5.74, 6) is 2.17. The van der Waals surface area contributed by atoms with E-state index in [-0.39, 0.29) is 5.91 Å². The van der Waals surface area contributed by atoms with Crippen molar-refractivity contribution < 1.29 is 9.21 Å². The van der Waals surface area contributed by atoms with Crippen LogP contribution in [0.4, 0.5) is 0 Å². The molecule has 0 unspecified atom stereocenters. The first kappa shape index (κ1) is 16.1. The quantitative estimate of drug-likeness (QED) is 0.805. The average Bonchev–Trinajstić information content (AvgIpc) is 3.11. The van der Waals surface area contributed by atoms with Gasteiger partial charge in [-0.1, -0.05) is 11.8 Å². The molecule has 124 valence electrons. The molecule has 1 aliphatic rings. The highest BCUT2D eigenvalue weighted by atomic mass is 32.2. The summed E-state index contributed by atoms with van der Waals surface area (Å²) < 4.78 is 7.24. The maximum atomic E-state index is 12.4. The van der Waals surface area contributed by atoms with E-state index < -0.39 is 0 Å². The van der Waals surface area contributed by atoms with Gasteiger partial charge in [-0.25, -0.2) is 0 Å². The van der Waals surface area contributed by atoms with Crippen molar-refractivity contribution in [3.8, 4) is 11.4 Å². The van der Waals surface area contributed by atoms with Gasteiger partial charge >= 0.3 is 0 Å². The molecule has 7 heteroatoms. The summed E-state index contributed by atoms with van der Waals surface area (Å²) in [4.78, 5) is 14.4. The van der Waals surface area contributed by atoms with Crippen molar-refractivity contribution in [2.75, 3.05) is 12.3 Å². The molecule has 0 bridgehead atoms. The monoisotopic (exact) mass is 334 g/mol. The van der Waals surface area contributed by atoms with Gasteiger partial charge < -0.3 is 13.9 Å². The molecule has 0 aromatic carbocycles. The normalized spacial score (nSPS) is 18.4. The first-order valence-electron chi connectivity index (χ1n) is 7.94. The SMILES string of the molecule is Cc1occc1-c1nnc(SCC(=O)N2CCCC[C@@H]2C)n1C. The highest BCUT2D eigenvalue weighted by Crippen LogP contribution is 2.26. The number of hydrogen-bond acceptors (Lipinski definition) is 5. The second-order valence-electron chi connectivity index (χ2n) is 5.98. The van der Waals surface area contributed by atoms with Gasteiger partial charge in [-0.15, -0.1) is 10.2 Å². The van der Waals surface area contributed by atoms with E-state index in [1.54, 1.807) is 6.26 Å². The minimum absolute atomic E-state index is 0.186. The van der Waals surface area contributed by atoms with Crippen LogP contribution in [0.3, 0.4) is 0 Å². The lowest BCUT2D eigenvalue weighted by molar-refractivity contribution is -0.131. The second kappa shape index (κ2) is 6.78. The van der Waals surface area contributed by atoms with Gasteiger partial charge in [0.1, 0.15) is 5.76 Å². The van der Waals surface area contributed by atoms with E-state index in [0.29, 0.717) is 11.8 Å². The fourth-order valence-corrected chi connectivity index (χ4v) is 3.77. The lowest BCUT2D eigenvalue weighted by Gasteiger charge is -2.33. The molecule has 6 nitrogen and oxygen atoms in total. The number of hydrogen-bond donors (Lipinski definition) is 0. The molecule has 2 aromatic heterocycles. The minimum atomic E-state index is 0.186. The number of furan rings is 1. The van der Waals surface area contributed by atoms with Crippen LogP contribution in [-0.2, 0) is 11.8 Å². The fourth-order valence-electron chi connectivity index (χ4n) is 2.97. The average molecular weight is 334 g/mol. The maximum Gasteiger partial charge on any atom is 0.233 e. The molecule has 3 heterocycles. The Bertz CT molecular complexity index is 694. The molecule has 2 aromatic rings. The Balaban J connectivity index is 1.66. The molecule has 0 spiro atoms. The van der Waals surface area contributed by atoms with Crippen LogP contribution in [0.2, 0.25) is 0 Å². The standard InChI is InChI=1S/C16H22N4O2S/c1-11-6-4-5-8-20(11)14(21)10-23-16-18-17-15(19(16)3)13-7-9-22-12(13)2/h7,9,11H,4-6,8,10H2,1-3H3/t11-/m0/s1. The van der Waals surface area contributed by atoms with Gasteiger partial charge in [0.2, 0.25) is 5.91 Å². The van der Waals surface area contributed by atoms with E-state index in [1.165, 1.54) is 18.2 Å². The summed E-state index contributed by atoms with van der Waals surface area (Å²) in [6, 6.07) is 2.23. The predicted octanol–water partition coefficient (Wildman–Crippen LogP) is 2.88. The van der Waals surface area contributed by atoms with Crippen molar-refractivity contribution in [1.29, 1.82) is 0 Å². The topological polar surface area (TPSA) is 64.2 Å². The Morgan fingerprint density at radius 3 is 2.96 bits per heavy atom. The summed E-state index contributed by atoms with van der Waals surface area (Å²) in [5, 5.41) is 9.19. The molecule has 1 saturated heterocycles. The van der Waals surface area contributed by atoms with Crippen LogP contribution in [-0.4, -0.2) is 43.9 Å². The van der Waals surface area contributed by atoms with E-state index in [0.717, 1.165) is 41.7 Å². The molecule has 3 rings (SSSR count). The molecule has 1 amide bonds.